The summed E-state index contributed by atoms with van der Waals surface area (Å²) in [5.41, 5.74) is 3.48. The first-order chi connectivity index (χ1) is 15.5. The number of piperidine rings is 1. The molecule has 0 bridgehead atoms. The Bertz CT molecular complexity index is 1170. The van der Waals surface area contributed by atoms with Gasteiger partial charge in [0.15, 0.2) is 5.13 Å². The minimum absolute atomic E-state index is 0.124. The first-order valence-electron chi connectivity index (χ1n) is 11.2. The number of fused-ring (bicyclic) bond motifs is 2. The van der Waals surface area contributed by atoms with Crippen LogP contribution in [-0.4, -0.2) is 42.6 Å². The molecule has 6 nitrogen and oxygen atoms in total. The lowest BCUT2D eigenvalue weighted by atomic mass is 9.95. The molecule has 2 aromatic carbocycles. The van der Waals surface area contributed by atoms with E-state index >= 15 is 0 Å². The SMILES string of the molecule is CC(=O)CC[C@H]1CN(c2ccc(C34CC3CN(c3nc5ccccc5s3)C4)cc2)C(=O)O1. The van der Waals surface area contributed by atoms with Gasteiger partial charge in [-0.3, -0.25) is 4.90 Å². The first kappa shape index (κ1) is 19.7. The zero-order valence-electron chi connectivity index (χ0n) is 18.0. The number of carbonyl (C=O) groups excluding carboxylic acids is 2. The van der Waals surface area contributed by atoms with Crippen molar-refractivity contribution in [3.63, 3.8) is 0 Å². The quantitative estimate of drug-likeness (QED) is 0.545. The molecule has 6 rings (SSSR count). The molecule has 0 radical (unpaired) electrons. The van der Waals surface area contributed by atoms with E-state index in [-0.39, 0.29) is 23.4 Å². The van der Waals surface area contributed by atoms with Crippen LogP contribution in [0.5, 0.6) is 0 Å². The van der Waals surface area contributed by atoms with Gasteiger partial charge in [-0.1, -0.05) is 35.6 Å². The van der Waals surface area contributed by atoms with Crippen molar-refractivity contribution < 1.29 is 14.3 Å². The topological polar surface area (TPSA) is 62.7 Å². The molecule has 164 valence electrons. The van der Waals surface area contributed by atoms with E-state index in [4.69, 9.17) is 9.72 Å². The Morgan fingerprint density at radius 3 is 2.78 bits per heavy atom. The molecule has 0 spiro atoms. The first-order valence-corrected chi connectivity index (χ1v) is 12.0. The molecule has 0 N–H and O–H groups in total. The maximum absolute atomic E-state index is 12.3. The summed E-state index contributed by atoms with van der Waals surface area (Å²) in [6.07, 6.45) is 1.71. The van der Waals surface area contributed by atoms with E-state index in [2.05, 4.69) is 35.2 Å². The minimum atomic E-state index is -0.323. The van der Waals surface area contributed by atoms with Crippen LogP contribution >= 0.6 is 11.3 Å². The molecule has 3 heterocycles. The molecule has 3 aliphatic rings. The molecular formula is C25H25N3O3S. The molecule has 3 fully saturated rings. The third-order valence-corrected chi connectivity index (χ3v) is 8.24. The highest BCUT2D eigenvalue weighted by molar-refractivity contribution is 7.22. The molecule has 2 saturated heterocycles. The van der Waals surface area contributed by atoms with Crippen LogP contribution < -0.4 is 9.80 Å². The van der Waals surface area contributed by atoms with Crippen LogP contribution in [0.3, 0.4) is 0 Å². The molecule has 7 heteroatoms. The third-order valence-electron chi connectivity index (χ3n) is 7.15. The third kappa shape index (κ3) is 3.26. The monoisotopic (exact) mass is 447 g/mol. The number of cyclic esters (lactones) is 1. The summed E-state index contributed by atoms with van der Waals surface area (Å²) in [5.74, 6) is 0.784. The summed E-state index contributed by atoms with van der Waals surface area (Å²) in [6.45, 7) is 4.12. The van der Waals surface area contributed by atoms with Gasteiger partial charge in [-0.15, -0.1) is 0 Å². The smallest absolute Gasteiger partial charge is 0.414 e. The van der Waals surface area contributed by atoms with Gasteiger partial charge in [0.25, 0.3) is 0 Å². The van der Waals surface area contributed by atoms with Crippen molar-refractivity contribution in [2.45, 2.75) is 37.7 Å². The van der Waals surface area contributed by atoms with E-state index < -0.39 is 0 Å². The summed E-state index contributed by atoms with van der Waals surface area (Å²) >= 11 is 1.77. The van der Waals surface area contributed by atoms with E-state index in [0.29, 0.717) is 25.3 Å². The normalized spacial score (nSPS) is 26.5. The van der Waals surface area contributed by atoms with E-state index in [1.807, 2.05) is 18.2 Å². The largest absolute Gasteiger partial charge is 0.444 e. The van der Waals surface area contributed by atoms with Gasteiger partial charge in [0.05, 0.1) is 16.8 Å². The van der Waals surface area contributed by atoms with Gasteiger partial charge < -0.3 is 14.4 Å². The average Bonchev–Trinajstić information content (AvgIpc) is 3.15. The van der Waals surface area contributed by atoms with Gasteiger partial charge >= 0.3 is 6.09 Å². The van der Waals surface area contributed by atoms with Gasteiger partial charge in [0, 0.05) is 30.6 Å². The Morgan fingerprint density at radius 2 is 2.00 bits per heavy atom. The number of hydrogen-bond acceptors (Lipinski definition) is 6. The molecule has 1 aliphatic carbocycles. The Labute approximate surface area is 190 Å². The minimum Gasteiger partial charge on any atom is -0.444 e. The van der Waals surface area contributed by atoms with Gasteiger partial charge in [-0.25, -0.2) is 9.78 Å². The molecule has 1 amide bonds. The standard InChI is InChI=1S/C25H25N3O3S/c1-16(29)6-11-20-14-28(24(30)31-20)19-9-7-17(8-10-19)25-12-18(25)13-27(15-25)23-26-21-4-2-3-5-22(21)32-23/h2-5,7-10,18,20H,6,11-15H2,1H3/t18?,20-,25?/m0/s1. The summed E-state index contributed by atoms with van der Waals surface area (Å²) in [6, 6.07) is 16.7. The van der Waals surface area contributed by atoms with Crippen molar-refractivity contribution in [2.24, 2.45) is 5.92 Å². The molecular weight excluding hydrogens is 422 g/mol. The van der Waals surface area contributed by atoms with Crippen LogP contribution in [0.15, 0.2) is 48.5 Å². The van der Waals surface area contributed by atoms with E-state index in [9.17, 15) is 9.59 Å². The number of hydrogen-bond donors (Lipinski definition) is 0. The molecule has 2 unspecified atom stereocenters. The maximum atomic E-state index is 12.3. The molecule has 2 aliphatic heterocycles. The van der Waals surface area contributed by atoms with Crippen LogP contribution in [-0.2, 0) is 14.9 Å². The highest BCUT2D eigenvalue weighted by Crippen LogP contribution is 2.60. The number of para-hydroxylation sites is 1. The van der Waals surface area contributed by atoms with Crippen LogP contribution in [0.4, 0.5) is 15.6 Å². The lowest BCUT2D eigenvalue weighted by molar-refractivity contribution is -0.117. The number of rotatable bonds is 6. The van der Waals surface area contributed by atoms with Crippen molar-refractivity contribution in [3.8, 4) is 0 Å². The van der Waals surface area contributed by atoms with Crippen LogP contribution in [0.1, 0.15) is 31.7 Å². The van der Waals surface area contributed by atoms with Crippen molar-refractivity contribution in [3.05, 3.63) is 54.1 Å². The maximum Gasteiger partial charge on any atom is 0.414 e. The van der Waals surface area contributed by atoms with Crippen molar-refractivity contribution in [2.75, 3.05) is 29.4 Å². The lowest BCUT2D eigenvalue weighted by Gasteiger charge is -2.21. The summed E-state index contributed by atoms with van der Waals surface area (Å²) < 4.78 is 6.68. The second-order valence-electron chi connectivity index (χ2n) is 9.31. The number of carbonyl (C=O) groups is 2. The van der Waals surface area contributed by atoms with E-state index in [1.165, 1.54) is 16.7 Å². The predicted octanol–water partition coefficient (Wildman–Crippen LogP) is 4.77. The Balaban J connectivity index is 1.16. The number of aromatic nitrogens is 1. The summed E-state index contributed by atoms with van der Waals surface area (Å²) in [7, 11) is 0. The Hall–Kier alpha value is -2.93. The lowest BCUT2D eigenvalue weighted by Crippen LogP contribution is -2.26. The van der Waals surface area contributed by atoms with Gasteiger partial charge in [-0.2, -0.15) is 0 Å². The molecule has 1 aromatic heterocycles. The molecule has 1 saturated carbocycles. The van der Waals surface area contributed by atoms with E-state index in [1.54, 1.807) is 23.2 Å². The fourth-order valence-corrected chi connectivity index (χ4v) is 6.26. The zero-order chi connectivity index (χ0) is 21.9. The van der Waals surface area contributed by atoms with Crippen LogP contribution in [0.2, 0.25) is 0 Å². The molecule has 3 aromatic rings. The van der Waals surface area contributed by atoms with Crippen molar-refractivity contribution >= 4 is 44.2 Å². The number of benzene rings is 2. The number of thiazole rings is 1. The number of anilines is 2. The summed E-state index contributed by atoms with van der Waals surface area (Å²) in [4.78, 5) is 32.5. The fraction of sp³-hybridized carbons (Fsp3) is 0.400. The second-order valence-corrected chi connectivity index (χ2v) is 10.3. The van der Waals surface area contributed by atoms with Crippen LogP contribution in [0.25, 0.3) is 10.2 Å². The number of Topliss-reactive ketones (excluding diaryl/α,β-unsaturated/α-hetero) is 1. The average molecular weight is 448 g/mol. The molecule has 32 heavy (non-hydrogen) atoms. The number of amides is 1. The second kappa shape index (κ2) is 7.30. The van der Waals surface area contributed by atoms with Gasteiger partial charge in [0.2, 0.25) is 0 Å². The fourth-order valence-electron chi connectivity index (χ4n) is 5.29. The van der Waals surface area contributed by atoms with E-state index in [0.717, 1.165) is 29.4 Å². The zero-order valence-corrected chi connectivity index (χ0v) is 18.8. The Kier molecular flexibility index (Phi) is 4.50. The Morgan fingerprint density at radius 1 is 1.19 bits per heavy atom. The summed E-state index contributed by atoms with van der Waals surface area (Å²) in [5, 5.41) is 1.12. The number of nitrogens with zero attached hydrogens (tertiary/aromatic N) is 3. The number of ether oxygens (including phenoxy) is 1. The van der Waals surface area contributed by atoms with Gasteiger partial charge in [0.1, 0.15) is 11.9 Å². The number of ketones is 1. The van der Waals surface area contributed by atoms with Gasteiger partial charge in [-0.05, 0) is 55.5 Å². The highest BCUT2D eigenvalue weighted by Gasteiger charge is 2.61. The van der Waals surface area contributed by atoms with Crippen molar-refractivity contribution in [1.29, 1.82) is 0 Å². The van der Waals surface area contributed by atoms with Crippen LogP contribution in [0, 0.1) is 5.92 Å². The van der Waals surface area contributed by atoms with Crippen molar-refractivity contribution in [1.82, 2.24) is 4.98 Å². The molecule has 3 atom stereocenters. The highest BCUT2D eigenvalue weighted by atomic mass is 32.1. The predicted molar refractivity (Wildman–Crippen MR) is 126 cm³/mol.